The Balaban J connectivity index is 0.000001000. The number of hydrogen-bond acceptors (Lipinski definition) is 4. The normalized spacial score (nSPS) is 10.5. The second-order valence-electron chi connectivity index (χ2n) is 1.82. The Kier molecular flexibility index (Phi) is 4.14. The topological polar surface area (TPSA) is 58.4 Å². The molecule has 1 heterocycles. The zero-order valence-corrected chi connectivity index (χ0v) is 6.75. The average molecular weight is 174 g/mol. The van der Waals surface area contributed by atoms with Crippen molar-refractivity contribution in [2.75, 3.05) is 0 Å². The molecule has 0 aliphatic carbocycles. The summed E-state index contributed by atoms with van der Waals surface area (Å²) >= 11 is 0. The van der Waals surface area contributed by atoms with Gasteiger partial charge in [0.25, 0.3) is 0 Å². The molecule has 1 rings (SSSR count). The summed E-state index contributed by atoms with van der Waals surface area (Å²) < 4.78 is 0. The van der Waals surface area contributed by atoms with E-state index in [0.29, 0.717) is 5.71 Å². The number of nitrogens with zero attached hydrogens (tertiary/aromatic N) is 3. The van der Waals surface area contributed by atoms with Crippen molar-refractivity contribution in [3.63, 3.8) is 0 Å². The van der Waals surface area contributed by atoms with E-state index in [-0.39, 0.29) is 12.4 Å². The molecule has 0 unspecified atom stereocenters. The fraction of sp³-hybridized carbons (Fsp3) is 0.167. The van der Waals surface area contributed by atoms with Crippen molar-refractivity contribution in [1.82, 2.24) is 10.2 Å². The Bertz CT molecular complexity index is 237. The van der Waals surface area contributed by atoms with Gasteiger partial charge < -0.3 is 5.21 Å². The first-order valence-electron chi connectivity index (χ1n) is 2.80. The van der Waals surface area contributed by atoms with Crippen LogP contribution in [0.5, 0.6) is 0 Å². The summed E-state index contributed by atoms with van der Waals surface area (Å²) in [7, 11) is 0. The Morgan fingerprint density at radius 3 is 2.73 bits per heavy atom. The highest BCUT2D eigenvalue weighted by molar-refractivity contribution is 5.97. The van der Waals surface area contributed by atoms with Crippen LogP contribution in [0.3, 0.4) is 0 Å². The molecule has 0 saturated heterocycles. The first kappa shape index (κ1) is 9.84. The number of aromatic nitrogens is 2. The third-order valence-corrected chi connectivity index (χ3v) is 1.15. The minimum absolute atomic E-state index is 0. The van der Waals surface area contributed by atoms with Crippen LogP contribution in [0, 0.1) is 0 Å². The molecule has 0 aromatic carbocycles. The standard InChI is InChI=1S/C6H7N3O.ClH/c1-5(9-10)6-2-3-7-8-4-6;/h2-4,10H,1H3;1H/b9-5+;. The van der Waals surface area contributed by atoms with Gasteiger partial charge >= 0.3 is 0 Å². The van der Waals surface area contributed by atoms with Gasteiger partial charge in [0.05, 0.1) is 18.1 Å². The maximum Gasteiger partial charge on any atom is 0.0853 e. The summed E-state index contributed by atoms with van der Waals surface area (Å²) in [6, 6.07) is 1.72. The second-order valence-corrected chi connectivity index (χ2v) is 1.82. The molecule has 11 heavy (non-hydrogen) atoms. The average Bonchev–Trinajstić information content (AvgIpc) is 2.05. The van der Waals surface area contributed by atoms with Gasteiger partial charge in [-0.2, -0.15) is 10.2 Å². The lowest BCUT2D eigenvalue weighted by Gasteiger charge is -1.92. The van der Waals surface area contributed by atoms with E-state index in [9.17, 15) is 0 Å². The predicted octanol–water partition coefficient (Wildman–Crippen LogP) is 1.10. The molecule has 0 bridgehead atoms. The summed E-state index contributed by atoms with van der Waals surface area (Å²) in [5.74, 6) is 0. The van der Waals surface area contributed by atoms with E-state index in [1.807, 2.05) is 0 Å². The van der Waals surface area contributed by atoms with Crippen LogP contribution >= 0.6 is 12.4 Å². The van der Waals surface area contributed by atoms with Crippen molar-refractivity contribution in [3.05, 3.63) is 24.0 Å². The number of hydrogen-bond donors (Lipinski definition) is 1. The van der Waals surface area contributed by atoms with Gasteiger partial charge in [0, 0.05) is 5.56 Å². The molecule has 0 aliphatic rings. The van der Waals surface area contributed by atoms with E-state index < -0.39 is 0 Å². The maximum atomic E-state index is 8.33. The monoisotopic (exact) mass is 173 g/mol. The molecule has 0 amide bonds. The fourth-order valence-electron chi connectivity index (χ4n) is 0.562. The summed E-state index contributed by atoms with van der Waals surface area (Å²) in [6.07, 6.45) is 3.08. The molecule has 1 aromatic heterocycles. The van der Waals surface area contributed by atoms with Crippen LogP contribution in [0.1, 0.15) is 12.5 Å². The molecule has 1 aromatic rings. The molecular weight excluding hydrogens is 166 g/mol. The SMILES string of the molecule is C/C(=N\O)c1ccnnc1.Cl. The molecule has 60 valence electrons. The molecule has 1 N–H and O–H groups in total. The Hall–Kier alpha value is -1.16. The van der Waals surface area contributed by atoms with Crippen LogP contribution in [-0.2, 0) is 0 Å². The molecular formula is C6H8ClN3O. The lowest BCUT2D eigenvalue weighted by molar-refractivity contribution is 0.319. The summed E-state index contributed by atoms with van der Waals surface area (Å²) in [5.41, 5.74) is 1.31. The summed E-state index contributed by atoms with van der Waals surface area (Å²) in [4.78, 5) is 0. The maximum absolute atomic E-state index is 8.33. The summed E-state index contributed by atoms with van der Waals surface area (Å²) in [6.45, 7) is 1.69. The van der Waals surface area contributed by atoms with E-state index in [1.54, 1.807) is 19.2 Å². The Morgan fingerprint density at radius 2 is 2.27 bits per heavy atom. The lowest BCUT2D eigenvalue weighted by atomic mass is 10.2. The zero-order chi connectivity index (χ0) is 7.40. The van der Waals surface area contributed by atoms with E-state index in [4.69, 9.17) is 5.21 Å². The molecule has 4 nitrogen and oxygen atoms in total. The molecule has 0 atom stereocenters. The van der Waals surface area contributed by atoms with Gasteiger partial charge in [-0.15, -0.1) is 12.4 Å². The number of oxime groups is 1. The molecule has 0 spiro atoms. The van der Waals surface area contributed by atoms with Gasteiger partial charge in [-0.1, -0.05) is 5.16 Å². The fourth-order valence-corrected chi connectivity index (χ4v) is 0.562. The Labute approximate surface area is 70.4 Å². The van der Waals surface area contributed by atoms with Gasteiger partial charge in [0.15, 0.2) is 0 Å². The third kappa shape index (κ3) is 2.51. The predicted molar refractivity (Wildman–Crippen MR) is 43.3 cm³/mol. The van der Waals surface area contributed by atoms with Crippen molar-refractivity contribution in [2.24, 2.45) is 5.16 Å². The molecule has 0 radical (unpaired) electrons. The van der Waals surface area contributed by atoms with Crippen LogP contribution in [0.15, 0.2) is 23.6 Å². The van der Waals surface area contributed by atoms with Gasteiger partial charge in [-0.3, -0.25) is 0 Å². The second kappa shape index (κ2) is 4.62. The van der Waals surface area contributed by atoms with Crippen molar-refractivity contribution in [3.8, 4) is 0 Å². The first-order valence-corrected chi connectivity index (χ1v) is 2.80. The van der Waals surface area contributed by atoms with Crippen molar-refractivity contribution in [2.45, 2.75) is 6.92 Å². The van der Waals surface area contributed by atoms with Crippen molar-refractivity contribution in [1.29, 1.82) is 0 Å². The van der Waals surface area contributed by atoms with Gasteiger partial charge in [-0.05, 0) is 13.0 Å². The van der Waals surface area contributed by atoms with Crippen LogP contribution in [0.4, 0.5) is 0 Å². The van der Waals surface area contributed by atoms with E-state index in [2.05, 4.69) is 15.4 Å². The lowest BCUT2D eigenvalue weighted by Crippen LogP contribution is -1.95. The highest BCUT2D eigenvalue weighted by Gasteiger charge is 1.94. The van der Waals surface area contributed by atoms with E-state index in [0.717, 1.165) is 5.56 Å². The van der Waals surface area contributed by atoms with Crippen molar-refractivity contribution >= 4 is 18.1 Å². The third-order valence-electron chi connectivity index (χ3n) is 1.15. The Morgan fingerprint density at radius 1 is 1.55 bits per heavy atom. The highest BCUT2D eigenvalue weighted by Crippen LogP contribution is 1.94. The van der Waals surface area contributed by atoms with E-state index in [1.165, 1.54) is 6.20 Å². The smallest absolute Gasteiger partial charge is 0.0853 e. The minimum Gasteiger partial charge on any atom is -0.411 e. The van der Waals surface area contributed by atoms with Gasteiger partial charge in [0.1, 0.15) is 0 Å². The van der Waals surface area contributed by atoms with Gasteiger partial charge in [0.2, 0.25) is 0 Å². The van der Waals surface area contributed by atoms with Crippen LogP contribution in [-0.4, -0.2) is 21.1 Å². The zero-order valence-electron chi connectivity index (χ0n) is 5.93. The minimum atomic E-state index is 0. The molecule has 0 fully saturated rings. The number of halogens is 1. The largest absolute Gasteiger partial charge is 0.411 e. The van der Waals surface area contributed by atoms with Gasteiger partial charge in [-0.25, -0.2) is 0 Å². The van der Waals surface area contributed by atoms with Crippen LogP contribution in [0.25, 0.3) is 0 Å². The molecule has 0 aliphatic heterocycles. The summed E-state index contributed by atoms with van der Waals surface area (Å²) in [5, 5.41) is 18.5. The molecule has 5 heteroatoms. The van der Waals surface area contributed by atoms with E-state index >= 15 is 0 Å². The quantitative estimate of drug-likeness (QED) is 0.393. The molecule has 0 saturated carbocycles. The van der Waals surface area contributed by atoms with Crippen molar-refractivity contribution < 1.29 is 5.21 Å². The number of rotatable bonds is 1. The first-order chi connectivity index (χ1) is 4.84. The van der Waals surface area contributed by atoms with Crippen LogP contribution < -0.4 is 0 Å². The van der Waals surface area contributed by atoms with Crippen LogP contribution in [0.2, 0.25) is 0 Å². The highest BCUT2D eigenvalue weighted by atomic mass is 35.5.